The van der Waals surface area contributed by atoms with Gasteiger partial charge in [0.05, 0.1) is 34.0 Å². The van der Waals surface area contributed by atoms with Gasteiger partial charge in [-0.3, -0.25) is 0 Å². The Morgan fingerprint density at radius 2 is 1.83 bits per heavy atom. The predicted octanol–water partition coefficient (Wildman–Crippen LogP) is 4.86. The Labute approximate surface area is 206 Å². The normalized spacial score (nSPS) is 15.0. The number of nitrogens with one attached hydrogen (secondary N) is 1. The summed E-state index contributed by atoms with van der Waals surface area (Å²) in [6, 6.07) is 7.82. The van der Waals surface area contributed by atoms with Crippen LogP contribution in [0.15, 0.2) is 40.9 Å². The van der Waals surface area contributed by atoms with Crippen molar-refractivity contribution in [2.75, 3.05) is 39.8 Å². The van der Waals surface area contributed by atoms with E-state index in [2.05, 4.69) is 10.5 Å². The minimum atomic E-state index is -1.05. The number of urea groups is 1. The number of carbonyl (C=O) groups excluding carboxylic acids is 1. The lowest BCUT2D eigenvalue weighted by Gasteiger charge is -2.25. The van der Waals surface area contributed by atoms with Gasteiger partial charge in [-0.15, -0.1) is 0 Å². The third-order valence-electron chi connectivity index (χ3n) is 5.77. The summed E-state index contributed by atoms with van der Waals surface area (Å²) in [6.07, 6.45) is 1.57. The van der Waals surface area contributed by atoms with Crippen LogP contribution in [0.1, 0.15) is 18.5 Å². The molecular formula is C25H27F2N3O6. The van der Waals surface area contributed by atoms with E-state index in [9.17, 15) is 13.6 Å². The fourth-order valence-electron chi connectivity index (χ4n) is 3.97. The van der Waals surface area contributed by atoms with E-state index in [1.165, 1.54) is 32.3 Å². The van der Waals surface area contributed by atoms with E-state index >= 15 is 0 Å². The van der Waals surface area contributed by atoms with E-state index in [-0.39, 0.29) is 18.3 Å². The van der Waals surface area contributed by atoms with Gasteiger partial charge in [-0.05, 0) is 37.1 Å². The zero-order valence-corrected chi connectivity index (χ0v) is 20.2. The zero-order valence-electron chi connectivity index (χ0n) is 20.2. The number of aromatic nitrogens is 1. The second-order valence-corrected chi connectivity index (χ2v) is 8.17. The molecule has 2 amide bonds. The van der Waals surface area contributed by atoms with Crippen LogP contribution in [0.4, 0.5) is 19.3 Å². The number of ether oxygens (including phenoxy) is 4. The van der Waals surface area contributed by atoms with E-state index in [0.717, 1.165) is 25.0 Å². The molecule has 2 heterocycles. The third kappa shape index (κ3) is 5.68. The molecule has 1 N–H and O–H groups in total. The molecule has 4 rings (SSSR count). The fourth-order valence-corrected chi connectivity index (χ4v) is 3.97. The molecule has 0 spiro atoms. The van der Waals surface area contributed by atoms with Crippen molar-refractivity contribution in [3.63, 3.8) is 0 Å². The number of hydrogen-bond donors (Lipinski definition) is 1. The van der Waals surface area contributed by atoms with Crippen molar-refractivity contribution in [3.05, 3.63) is 53.7 Å². The standard InChI is InChI=1S/C25H27F2N3O6/c1-32-22-9-15(10-23(33-2)24(22)34-3)21-12-17(29-36-21)13-30(14-18-5-4-8-35-18)25(31)28-16-6-7-19(26)20(27)11-16/h6-7,9-12,18H,4-5,8,13-14H2,1-3H3,(H,28,31)/t18-/m0/s1. The Kier molecular flexibility index (Phi) is 7.89. The lowest BCUT2D eigenvalue weighted by molar-refractivity contribution is 0.0814. The van der Waals surface area contributed by atoms with Crippen molar-refractivity contribution in [1.82, 2.24) is 10.1 Å². The zero-order chi connectivity index (χ0) is 25.7. The maximum atomic E-state index is 13.6. The van der Waals surface area contributed by atoms with Gasteiger partial charge < -0.3 is 33.7 Å². The van der Waals surface area contributed by atoms with Gasteiger partial charge in [0.2, 0.25) is 5.75 Å². The van der Waals surface area contributed by atoms with Crippen molar-refractivity contribution >= 4 is 11.7 Å². The summed E-state index contributed by atoms with van der Waals surface area (Å²) in [4.78, 5) is 14.5. The summed E-state index contributed by atoms with van der Waals surface area (Å²) in [5, 5.41) is 6.72. The van der Waals surface area contributed by atoms with Crippen molar-refractivity contribution in [2.45, 2.75) is 25.5 Å². The van der Waals surface area contributed by atoms with Gasteiger partial charge in [0.15, 0.2) is 28.9 Å². The molecule has 2 aromatic carbocycles. The number of benzene rings is 2. The molecule has 0 aliphatic carbocycles. The largest absolute Gasteiger partial charge is 0.493 e. The van der Waals surface area contributed by atoms with Crippen LogP contribution in [0.25, 0.3) is 11.3 Å². The highest BCUT2D eigenvalue weighted by molar-refractivity contribution is 5.89. The van der Waals surface area contributed by atoms with Crippen molar-refractivity contribution < 1.29 is 37.0 Å². The first kappa shape index (κ1) is 25.2. The molecule has 1 aliphatic heterocycles. The summed E-state index contributed by atoms with van der Waals surface area (Å²) in [6.45, 7) is 1.02. The number of methoxy groups -OCH3 is 3. The summed E-state index contributed by atoms with van der Waals surface area (Å²) in [5.74, 6) is -0.259. The maximum absolute atomic E-state index is 13.6. The molecule has 1 aromatic heterocycles. The molecule has 0 unspecified atom stereocenters. The molecule has 11 heteroatoms. The Morgan fingerprint density at radius 3 is 2.44 bits per heavy atom. The highest BCUT2D eigenvalue weighted by Crippen LogP contribution is 2.41. The molecule has 0 radical (unpaired) electrons. The number of carbonyl (C=O) groups is 1. The number of halogens is 2. The van der Waals surface area contributed by atoms with Gasteiger partial charge in [-0.1, -0.05) is 5.16 Å². The summed E-state index contributed by atoms with van der Waals surface area (Å²) < 4.78 is 54.3. The Bertz CT molecular complexity index is 1190. The quantitative estimate of drug-likeness (QED) is 0.446. The first-order chi connectivity index (χ1) is 17.4. The van der Waals surface area contributed by atoms with Crippen molar-refractivity contribution in [3.8, 4) is 28.6 Å². The van der Waals surface area contributed by atoms with E-state index in [1.54, 1.807) is 18.2 Å². The SMILES string of the molecule is COc1cc(-c2cc(CN(C[C@@H]3CCCO3)C(=O)Nc3ccc(F)c(F)c3)no2)cc(OC)c1OC. The van der Waals surface area contributed by atoms with Crippen molar-refractivity contribution in [1.29, 1.82) is 0 Å². The molecule has 0 saturated carbocycles. The lowest BCUT2D eigenvalue weighted by atomic mass is 10.1. The summed E-state index contributed by atoms with van der Waals surface area (Å²) in [7, 11) is 4.55. The molecule has 3 aromatic rings. The minimum absolute atomic E-state index is 0.100. The van der Waals surface area contributed by atoms with Crippen LogP contribution in [0.2, 0.25) is 0 Å². The molecule has 1 saturated heterocycles. The van der Waals surface area contributed by atoms with E-state index in [1.807, 2.05) is 0 Å². The molecule has 1 atom stereocenters. The van der Waals surface area contributed by atoms with Crippen LogP contribution in [0.3, 0.4) is 0 Å². The predicted molar refractivity (Wildman–Crippen MR) is 126 cm³/mol. The van der Waals surface area contributed by atoms with Gasteiger partial charge in [0.25, 0.3) is 0 Å². The fraction of sp³-hybridized carbons (Fsp3) is 0.360. The molecule has 1 fully saturated rings. The Balaban J connectivity index is 1.55. The van der Waals surface area contributed by atoms with Crippen LogP contribution in [-0.2, 0) is 11.3 Å². The van der Waals surface area contributed by atoms with Crippen LogP contribution >= 0.6 is 0 Å². The molecule has 9 nitrogen and oxygen atoms in total. The molecule has 1 aliphatic rings. The monoisotopic (exact) mass is 503 g/mol. The molecule has 0 bridgehead atoms. The average molecular weight is 504 g/mol. The number of hydrogen-bond acceptors (Lipinski definition) is 7. The number of amides is 2. The Morgan fingerprint density at radius 1 is 1.08 bits per heavy atom. The summed E-state index contributed by atoms with van der Waals surface area (Å²) >= 11 is 0. The van der Waals surface area contributed by atoms with E-state index in [0.29, 0.717) is 47.4 Å². The van der Waals surface area contributed by atoms with Gasteiger partial charge >= 0.3 is 6.03 Å². The van der Waals surface area contributed by atoms with Crippen molar-refractivity contribution in [2.24, 2.45) is 0 Å². The Hall–Kier alpha value is -3.86. The second-order valence-electron chi connectivity index (χ2n) is 8.17. The smallest absolute Gasteiger partial charge is 0.322 e. The maximum Gasteiger partial charge on any atom is 0.322 e. The topological polar surface area (TPSA) is 95.3 Å². The van der Waals surface area contributed by atoms with Crippen LogP contribution in [0, 0.1) is 11.6 Å². The first-order valence-electron chi connectivity index (χ1n) is 11.3. The number of nitrogens with zero attached hydrogens (tertiary/aromatic N) is 2. The molecular weight excluding hydrogens is 476 g/mol. The highest BCUT2D eigenvalue weighted by Gasteiger charge is 2.25. The van der Waals surface area contributed by atoms with Crippen LogP contribution in [0.5, 0.6) is 17.2 Å². The average Bonchev–Trinajstić information content (AvgIpc) is 3.57. The van der Waals surface area contributed by atoms with Gasteiger partial charge in [0.1, 0.15) is 5.69 Å². The molecule has 36 heavy (non-hydrogen) atoms. The second kappa shape index (κ2) is 11.3. The van der Waals surface area contributed by atoms with Crippen LogP contribution in [-0.4, -0.2) is 56.7 Å². The molecule has 192 valence electrons. The van der Waals surface area contributed by atoms with E-state index < -0.39 is 17.7 Å². The third-order valence-corrected chi connectivity index (χ3v) is 5.77. The van der Waals surface area contributed by atoms with E-state index in [4.69, 9.17) is 23.5 Å². The van der Waals surface area contributed by atoms with Gasteiger partial charge in [0, 0.05) is 36.5 Å². The number of anilines is 1. The number of rotatable bonds is 9. The first-order valence-corrected chi connectivity index (χ1v) is 11.3. The highest BCUT2D eigenvalue weighted by atomic mass is 19.2. The van der Waals surface area contributed by atoms with Gasteiger partial charge in [-0.2, -0.15) is 0 Å². The lowest BCUT2D eigenvalue weighted by Crippen LogP contribution is -2.39. The minimum Gasteiger partial charge on any atom is -0.493 e. The van der Waals surface area contributed by atoms with Gasteiger partial charge in [-0.25, -0.2) is 13.6 Å². The van der Waals surface area contributed by atoms with Crippen LogP contribution < -0.4 is 19.5 Å². The summed E-state index contributed by atoms with van der Waals surface area (Å²) in [5.41, 5.74) is 1.26.